The lowest BCUT2D eigenvalue weighted by molar-refractivity contribution is -0.385. The highest BCUT2D eigenvalue weighted by Crippen LogP contribution is 2.13. The average Bonchev–Trinajstić information content (AvgIpc) is 2.87. The predicted octanol–water partition coefficient (Wildman–Crippen LogP) is 0.443. The van der Waals surface area contributed by atoms with Gasteiger partial charge in [-0.15, -0.1) is 0 Å². The Labute approximate surface area is 108 Å². The SMILES string of the molecule is NNC(=O)c1ccccc1Cn1cc([N+](=O)[O-])cn1. The third-order valence-electron chi connectivity index (χ3n) is 2.56. The van der Waals surface area contributed by atoms with E-state index < -0.39 is 10.8 Å². The summed E-state index contributed by atoms with van der Waals surface area (Å²) in [6.45, 7) is 0.247. The molecule has 1 heterocycles. The first-order chi connectivity index (χ1) is 9.11. The number of carbonyl (C=O) groups excluding carboxylic acids is 1. The maximum absolute atomic E-state index is 11.6. The second-order valence-corrected chi connectivity index (χ2v) is 3.78. The third-order valence-corrected chi connectivity index (χ3v) is 2.56. The molecule has 98 valence electrons. The van der Waals surface area contributed by atoms with Crippen LogP contribution in [0.15, 0.2) is 36.7 Å². The number of nitrogens with zero attached hydrogens (tertiary/aromatic N) is 3. The van der Waals surface area contributed by atoms with Crippen molar-refractivity contribution in [3.8, 4) is 0 Å². The fraction of sp³-hybridized carbons (Fsp3) is 0.0909. The molecule has 19 heavy (non-hydrogen) atoms. The molecular formula is C11H11N5O3. The number of nitrogens with two attached hydrogens (primary N) is 1. The van der Waals surface area contributed by atoms with Gasteiger partial charge in [-0.3, -0.25) is 25.0 Å². The van der Waals surface area contributed by atoms with E-state index in [1.54, 1.807) is 24.3 Å². The van der Waals surface area contributed by atoms with Crippen molar-refractivity contribution in [2.24, 2.45) is 5.84 Å². The molecule has 0 aliphatic carbocycles. The zero-order chi connectivity index (χ0) is 13.8. The monoisotopic (exact) mass is 261 g/mol. The second kappa shape index (κ2) is 5.27. The Bertz CT molecular complexity index is 622. The van der Waals surface area contributed by atoms with Crippen LogP contribution in [0.5, 0.6) is 0 Å². The minimum atomic E-state index is -0.526. The highest BCUT2D eigenvalue weighted by molar-refractivity contribution is 5.95. The number of nitrogens with one attached hydrogen (secondary N) is 1. The molecule has 8 heteroatoms. The zero-order valence-electron chi connectivity index (χ0n) is 9.81. The number of carbonyl (C=O) groups is 1. The molecule has 0 atom stereocenters. The average molecular weight is 261 g/mol. The van der Waals surface area contributed by atoms with Gasteiger partial charge < -0.3 is 0 Å². The van der Waals surface area contributed by atoms with Gasteiger partial charge in [0.15, 0.2) is 0 Å². The van der Waals surface area contributed by atoms with E-state index in [1.807, 2.05) is 0 Å². The maximum Gasteiger partial charge on any atom is 0.307 e. The van der Waals surface area contributed by atoms with Gasteiger partial charge in [-0.1, -0.05) is 18.2 Å². The maximum atomic E-state index is 11.6. The number of nitro groups is 1. The Kier molecular flexibility index (Phi) is 3.53. The summed E-state index contributed by atoms with van der Waals surface area (Å²) in [5.74, 6) is 4.68. The molecule has 0 unspecified atom stereocenters. The lowest BCUT2D eigenvalue weighted by Gasteiger charge is -2.07. The van der Waals surface area contributed by atoms with Crippen molar-refractivity contribution < 1.29 is 9.72 Å². The van der Waals surface area contributed by atoms with Gasteiger partial charge in [0, 0.05) is 5.56 Å². The minimum Gasteiger partial charge on any atom is -0.290 e. The molecule has 0 aliphatic heterocycles. The van der Waals surface area contributed by atoms with Crippen LogP contribution in [0.1, 0.15) is 15.9 Å². The molecule has 0 saturated carbocycles. The number of aromatic nitrogens is 2. The highest BCUT2D eigenvalue weighted by Gasteiger charge is 2.12. The zero-order valence-corrected chi connectivity index (χ0v) is 9.81. The van der Waals surface area contributed by atoms with E-state index in [9.17, 15) is 14.9 Å². The van der Waals surface area contributed by atoms with Crippen molar-refractivity contribution in [2.45, 2.75) is 6.54 Å². The Balaban J connectivity index is 2.27. The normalized spacial score (nSPS) is 10.2. The quantitative estimate of drug-likeness (QED) is 0.358. The lowest BCUT2D eigenvalue weighted by atomic mass is 10.1. The topological polar surface area (TPSA) is 116 Å². The van der Waals surface area contributed by atoms with Crippen molar-refractivity contribution in [1.82, 2.24) is 15.2 Å². The summed E-state index contributed by atoms with van der Waals surface area (Å²) in [4.78, 5) is 21.6. The molecule has 0 spiro atoms. The summed E-state index contributed by atoms with van der Waals surface area (Å²) >= 11 is 0. The Morgan fingerprint density at radius 1 is 1.47 bits per heavy atom. The van der Waals surface area contributed by atoms with Crippen LogP contribution < -0.4 is 11.3 Å². The fourth-order valence-corrected chi connectivity index (χ4v) is 1.67. The molecule has 1 aromatic carbocycles. The largest absolute Gasteiger partial charge is 0.307 e. The second-order valence-electron chi connectivity index (χ2n) is 3.78. The Hall–Kier alpha value is -2.74. The molecule has 3 N–H and O–H groups in total. The van der Waals surface area contributed by atoms with Crippen LogP contribution in [0, 0.1) is 10.1 Å². The van der Waals surface area contributed by atoms with Gasteiger partial charge in [0.05, 0.1) is 11.5 Å². The van der Waals surface area contributed by atoms with Crippen LogP contribution in [-0.2, 0) is 6.54 Å². The molecular weight excluding hydrogens is 250 g/mol. The summed E-state index contributed by atoms with van der Waals surface area (Å²) in [5.41, 5.74) is 3.03. The van der Waals surface area contributed by atoms with Gasteiger partial charge in [-0.2, -0.15) is 5.10 Å². The van der Waals surface area contributed by atoms with Gasteiger partial charge in [-0.05, 0) is 11.6 Å². The summed E-state index contributed by atoms with van der Waals surface area (Å²) < 4.78 is 1.39. The third kappa shape index (κ3) is 2.75. The van der Waals surface area contributed by atoms with Crippen molar-refractivity contribution in [1.29, 1.82) is 0 Å². The highest BCUT2D eigenvalue weighted by atomic mass is 16.6. The number of hydrogen-bond acceptors (Lipinski definition) is 5. The van der Waals surface area contributed by atoms with Gasteiger partial charge in [-0.25, -0.2) is 5.84 Å². The van der Waals surface area contributed by atoms with E-state index in [-0.39, 0.29) is 12.2 Å². The van der Waals surface area contributed by atoms with Gasteiger partial charge in [0.1, 0.15) is 12.4 Å². The number of rotatable bonds is 4. The molecule has 0 radical (unpaired) electrons. The number of hydrazine groups is 1. The van der Waals surface area contributed by atoms with Gasteiger partial charge in [0.2, 0.25) is 0 Å². The number of benzene rings is 1. The molecule has 8 nitrogen and oxygen atoms in total. The molecule has 0 aliphatic rings. The van der Waals surface area contributed by atoms with Crippen molar-refractivity contribution in [3.63, 3.8) is 0 Å². The fourth-order valence-electron chi connectivity index (χ4n) is 1.67. The van der Waals surface area contributed by atoms with E-state index >= 15 is 0 Å². The van der Waals surface area contributed by atoms with E-state index in [0.29, 0.717) is 11.1 Å². The van der Waals surface area contributed by atoms with E-state index in [4.69, 9.17) is 5.84 Å². The first kappa shape index (κ1) is 12.7. The molecule has 0 bridgehead atoms. The standard InChI is InChI=1S/C11H11N5O3/c12-14-11(17)10-4-2-1-3-8(10)6-15-7-9(5-13-15)16(18)19/h1-5,7H,6,12H2,(H,14,17). The number of amides is 1. The van der Waals surface area contributed by atoms with Crippen molar-refractivity contribution >= 4 is 11.6 Å². The van der Waals surface area contributed by atoms with Crippen molar-refractivity contribution in [2.75, 3.05) is 0 Å². The molecule has 0 fully saturated rings. The van der Waals surface area contributed by atoms with E-state index in [1.165, 1.54) is 10.9 Å². The first-order valence-electron chi connectivity index (χ1n) is 5.37. The smallest absolute Gasteiger partial charge is 0.290 e. The molecule has 0 saturated heterocycles. The van der Waals surface area contributed by atoms with Gasteiger partial charge in [0.25, 0.3) is 5.91 Å². The van der Waals surface area contributed by atoms with E-state index in [0.717, 1.165) is 6.20 Å². The number of hydrogen-bond donors (Lipinski definition) is 2. The van der Waals surface area contributed by atoms with Gasteiger partial charge >= 0.3 is 5.69 Å². The van der Waals surface area contributed by atoms with Crippen LogP contribution in [0.2, 0.25) is 0 Å². The van der Waals surface area contributed by atoms with Crippen LogP contribution in [0.25, 0.3) is 0 Å². The Morgan fingerprint density at radius 3 is 2.84 bits per heavy atom. The summed E-state index contributed by atoms with van der Waals surface area (Å²) in [5, 5.41) is 14.4. The summed E-state index contributed by atoms with van der Waals surface area (Å²) in [6, 6.07) is 6.83. The Morgan fingerprint density at radius 2 is 2.21 bits per heavy atom. The molecule has 2 rings (SSSR count). The summed E-state index contributed by atoms with van der Waals surface area (Å²) in [7, 11) is 0. The lowest BCUT2D eigenvalue weighted by Crippen LogP contribution is -2.31. The summed E-state index contributed by atoms with van der Waals surface area (Å²) in [6.07, 6.45) is 2.46. The predicted molar refractivity (Wildman–Crippen MR) is 66.1 cm³/mol. The van der Waals surface area contributed by atoms with Crippen LogP contribution in [0.4, 0.5) is 5.69 Å². The molecule has 1 amide bonds. The van der Waals surface area contributed by atoms with Crippen LogP contribution in [0.3, 0.4) is 0 Å². The van der Waals surface area contributed by atoms with Crippen LogP contribution >= 0.6 is 0 Å². The van der Waals surface area contributed by atoms with Crippen molar-refractivity contribution in [3.05, 3.63) is 57.9 Å². The van der Waals surface area contributed by atoms with E-state index in [2.05, 4.69) is 10.5 Å². The first-order valence-corrected chi connectivity index (χ1v) is 5.37. The molecule has 1 aromatic heterocycles. The van der Waals surface area contributed by atoms with Crippen LogP contribution in [-0.4, -0.2) is 20.6 Å². The molecule has 2 aromatic rings. The minimum absolute atomic E-state index is 0.0965. The number of nitrogen functional groups attached to an aromatic ring is 1.